The van der Waals surface area contributed by atoms with Gasteiger partial charge in [-0.15, -0.1) is 0 Å². The number of nitrogens with two attached hydrogens (primary N) is 1. The van der Waals surface area contributed by atoms with Crippen LogP contribution in [0.2, 0.25) is 0 Å². The summed E-state index contributed by atoms with van der Waals surface area (Å²) in [5, 5.41) is 0. The fraction of sp³-hybridized carbons (Fsp3) is 0.389. The molecule has 116 valence electrons. The van der Waals surface area contributed by atoms with Gasteiger partial charge in [0.05, 0.1) is 5.69 Å². The lowest BCUT2D eigenvalue weighted by atomic mass is 9.99. The number of pyridine rings is 1. The van der Waals surface area contributed by atoms with Gasteiger partial charge in [0, 0.05) is 12.1 Å². The molecule has 3 rings (SSSR count). The predicted octanol–water partition coefficient (Wildman–Crippen LogP) is 3.15. The molecule has 0 aliphatic heterocycles. The van der Waals surface area contributed by atoms with Crippen molar-refractivity contribution in [1.82, 2.24) is 9.88 Å². The minimum Gasteiger partial charge on any atom is -0.492 e. The molecule has 1 aromatic heterocycles. The van der Waals surface area contributed by atoms with E-state index in [1.54, 1.807) is 0 Å². The van der Waals surface area contributed by atoms with Crippen molar-refractivity contribution in [2.45, 2.75) is 18.8 Å². The Hall–Kier alpha value is -2.07. The van der Waals surface area contributed by atoms with E-state index >= 15 is 0 Å². The molecule has 1 aromatic carbocycles. The van der Waals surface area contributed by atoms with Crippen LogP contribution >= 0.6 is 0 Å². The molecule has 2 aromatic rings. The molecular formula is C18H23N3O. The second kappa shape index (κ2) is 6.36. The highest BCUT2D eigenvalue weighted by Crippen LogP contribution is 2.45. The van der Waals surface area contributed by atoms with Crippen LogP contribution in [0, 0.1) is 0 Å². The van der Waals surface area contributed by atoms with Gasteiger partial charge in [0.25, 0.3) is 0 Å². The van der Waals surface area contributed by atoms with Gasteiger partial charge in [0.1, 0.15) is 18.2 Å². The first-order valence-corrected chi connectivity index (χ1v) is 7.78. The summed E-state index contributed by atoms with van der Waals surface area (Å²) >= 11 is 0. The second-order valence-electron chi connectivity index (χ2n) is 6.12. The quantitative estimate of drug-likeness (QED) is 0.890. The topological polar surface area (TPSA) is 51.4 Å². The molecule has 1 saturated carbocycles. The summed E-state index contributed by atoms with van der Waals surface area (Å²) in [6, 6.07) is 12.1. The van der Waals surface area contributed by atoms with Gasteiger partial charge >= 0.3 is 0 Å². The Balaban J connectivity index is 1.85. The summed E-state index contributed by atoms with van der Waals surface area (Å²) in [7, 11) is 4.10. The standard InChI is InChI=1S/C18H23N3O/c1-21(2)10-11-22-14-8-9-15(16(12-14)13-6-7-13)17-4-3-5-18(19)20-17/h3-5,8-9,12-13H,6-7,10-11H2,1-2H3,(H2,19,20). The van der Waals surface area contributed by atoms with Crippen LogP contribution in [-0.4, -0.2) is 37.1 Å². The molecule has 22 heavy (non-hydrogen) atoms. The molecule has 4 nitrogen and oxygen atoms in total. The van der Waals surface area contributed by atoms with E-state index in [1.165, 1.54) is 24.0 Å². The lowest BCUT2D eigenvalue weighted by molar-refractivity contribution is 0.261. The van der Waals surface area contributed by atoms with Gasteiger partial charge in [-0.05, 0) is 68.8 Å². The Labute approximate surface area is 131 Å². The molecule has 4 heteroatoms. The van der Waals surface area contributed by atoms with Crippen molar-refractivity contribution in [2.75, 3.05) is 33.0 Å². The lowest BCUT2D eigenvalue weighted by Gasteiger charge is -2.14. The summed E-state index contributed by atoms with van der Waals surface area (Å²) in [5.41, 5.74) is 9.28. The molecule has 2 N–H and O–H groups in total. The van der Waals surface area contributed by atoms with E-state index in [4.69, 9.17) is 10.5 Å². The minimum atomic E-state index is 0.561. The van der Waals surface area contributed by atoms with Crippen LogP contribution in [0.1, 0.15) is 24.3 Å². The fourth-order valence-electron chi connectivity index (χ4n) is 2.54. The molecule has 1 fully saturated rings. The number of hydrogen-bond donors (Lipinski definition) is 1. The van der Waals surface area contributed by atoms with Crippen LogP contribution in [-0.2, 0) is 0 Å². The van der Waals surface area contributed by atoms with Crippen LogP contribution in [0.15, 0.2) is 36.4 Å². The monoisotopic (exact) mass is 297 g/mol. The SMILES string of the molecule is CN(C)CCOc1ccc(-c2cccc(N)n2)c(C2CC2)c1. The van der Waals surface area contributed by atoms with E-state index in [-0.39, 0.29) is 0 Å². The van der Waals surface area contributed by atoms with Gasteiger partial charge in [-0.3, -0.25) is 0 Å². The zero-order valence-corrected chi connectivity index (χ0v) is 13.2. The highest BCUT2D eigenvalue weighted by atomic mass is 16.5. The first-order valence-electron chi connectivity index (χ1n) is 7.78. The number of nitrogen functional groups attached to an aromatic ring is 1. The highest BCUT2D eigenvalue weighted by Gasteiger charge is 2.27. The smallest absolute Gasteiger partial charge is 0.124 e. The van der Waals surface area contributed by atoms with Gasteiger partial charge in [-0.25, -0.2) is 4.98 Å². The molecule has 1 heterocycles. The Morgan fingerprint density at radius 2 is 2.05 bits per heavy atom. The third-order valence-corrected chi connectivity index (χ3v) is 3.89. The molecule has 0 atom stereocenters. The number of aromatic nitrogens is 1. The normalized spacial score (nSPS) is 14.3. The van der Waals surface area contributed by atoms with Gasteiger partial charge in [0.15, 0.2) is 0 Å². The van der Waals surface area contributed by atoms with Crippen LogP contribution in [0.3, 0.4) is 0 Å². The number of benzene rings is 1. The maximum Gasteiger partial charge on any atom is 0.124 e. The summed E-state index contributed by atoms with van der Waals surface area (Å²) in [6.07, 6.45) is 2.49. The number of likely N-dealkylation sites (N-methyl/N-ethyl adjacent to an activating group) is 1. The third-order valence-electron chi connectivity index (χ3n) is 3.89. The van der Waals surface area contributed by atoms with Crippen molar-refractivity contribution in [3.8, 4) is 17.0 Å². The van der Waals surface area contributed by atoms with Crippen molar-refractivity contribution in [1.29, 1.82) is 0 Å². The number of ether oxygens (including phenoxy) is 1. The molecule has 1 aliphatic carbocycles. The van der Waals surface area contributed by atoms with Crippen molar-refractivity contribution >= 4 is 5.82 Å². The maximum absolute atomic E-state index is 5.86. The number of rotatable bonds is 6. The average Bonchev–Trinajstić information content (AvgIpc) is 3.31. The summed E-state index contributed by atoms with van der Waals surface area (Å²) < 4.78 is 5.86. The summed E-state index contributed by atoms with van der Waals surface area (Å²) in [5.74, 6) is 2.14. The van der Waals surface area contributed by atoms with Crippen LogP contribution in [0.25, 0.3) is 11.3 Å². The van der Waals surface area contributed by atoms with Gasteiger partial charge in [0.2, 0.25) is 0 Å². The molecule has 0 saturated heterocycles. The van der Waals surface area contributed by atoms with E-state index in [0.717, 1.165) is 18.0 Å². The van der Waals surface area contributed by atoms with E-state index in [1.807, 2.05) is 38.4 Å². The molecule has 0 amide bonds. The zero-order valence-electron chi connectivity index (χ0n) is 13.2. The van der Waals surface area contributed by atoms with E-state index < -0.39 is 0 Å². The molecular weight excluding hydrogens is 274 g/mol. The Morgan fingerprint density at radius 1 is 1.23 bits per heavy atom. The fourth-order valence-corrected chi connectivity index (χ4v) is 2.54. The Bertz CT molecular complexity index is 651. The average molecular weight is 297 g/mol. The predicted molar refractivity (Wildman–Crippen MR) is 90.1 cm³/mol. The van der Waals surface area contributed by atoms with Gasteiger partial charge in [-0.2, -0.15) is 0 Å². The largest absolute Gasteiger partial charge is 0.492 e. The van der Waals surface area contributed by atoms with Gasteiger partial charge < -0.3 is 15.4 Å². The third kappa shape index (κ3) is 3.57. The maximum atomic E-state index is 5.86. The van der Waals surface area contributed by atoms with Crippen LogP contribution in [0.5, 0.6) is 5.75 Å². The van der Waals surface area contributed by atoms with Crippen molar-refractivity contribution in [3.63, 3.8) is 0 Å². The number of nitrogens with zero attached hydrogens (tertiary/aromatic N) is 2. The highest BCUT2D eigenvalue weighted by molar-refractivity contribution is 5.67. The zero-order chi connectivity index (χ0) is 15.5. The van der Waals surface area contributed by atoms with E-state index in [0.29, 0.717) is 18.3 Å². The minimum absolute atomic E-state index is 0.561. The molecule has 0 unspecified atom stereocenters. The first kappa shape index (κ1) is 14.9. The van der Waals surface area contributed by atoms with E-state index in [2.05, 4.69) is 22.0 Å². The van der Waals surface area contributed by atoms with Crippen molar-refractivity contribution in [2.24, 2.45) is 0 Å². The number of anilines is 1. The number of hydrogen-bond acceptors (Lipinski definition) is 4. The van der Waals surface area contributed by atoms with Crippen molar-refractivity contribution < 1.29 is 4.74 Å². The summed E-state index contributed by atoms with van der Waals surface area (Å²) in [4.78, 5) is 6.58. The first-order chi connectivity index (χ1) is 10.6. The van der Waals surface area contributed by atoms with Gasteiger partial charge in [-0.1, -0.05) is 6.07 Å². The molecule has 0 bridgehead atoms. The second-order valence-corrected chi connectivity index (χ2v) is 6.12. The summed E-state index contributed by atoms with van der Waals surface area (Å²) in [6.45, 7) is 1.62. The van der Waals surface area contributed by atoms with E-state index in [9.17, 15) is 0 Å². The Kier molecular flexibility index (Phi) is 4.29. The Morgan fingerprint density at radius 3 is 2.73 bits per heavy atom. The van der Waals surface area contributed by atoms with Crippen molar-refractivity contribution in [3.05, 3.63) is 42.0 Å². The van der Waals surface area contributed by atoms with Crippen LogP contribution in [0.4, 0.5) is 5.82 Å². The molecule has 0 radical (unpaired) electrons. The lowest BCUT2D eigenvalue weighted by Crippen LogP contribution is -2.19. The molecule has 0 spiro atoms. The van der Waals surface area contributed by atoms with Crippen LogP contribution < -0.4 is 10.5 Å². The molecule has 1 aliphatic rings.